The maximum atomic E-state index is 3.57. The number of nitrogens with one attached hydrogen (secondary N) is 1. The number of likely N-dealkylation sites (N-methyl/N-ethyl adjacent to an activating group) is 1. The van der Waals surface area contributed by atoms with Crippen molar-refractivity contribution in [1.29, 1.82) is 0 Å². The monoisotopic (exact) mass is 182 g/mol. The lowest BCUT2D eigenvalue weighted by molar-refractivity contribution is 0.251. The van der Waals surface area contributed by atoms with Gasteiger partial charge in [0.1, 0.15) is 0 Å². The Balaban J connectivity index is 1.68. The Hall–Kier alpha value is -0.0800. The van der Waals surface area contributed by atoms with Crippen LogP contribution in [0.4, 0.5) is 0 Å². The first-order valence-electron chi connectivity index (χ1n) is 5.84. The molecular weight excluding hydrogens is 160 g/mol. The van der Waals surface area contributed by atoms with Gasteiger partial charge in [-0.15, -0.1) is 0 Å². The summed E-state index contributed by atoms with van der Waals surface area (Å²) in [5, 5.41) is 3.57. The predicted molar refractivity (Wildman–Crippen MR) is 55.9 cm³/mol. The van der Waals surface area contributed by atoms with Gasteiger partial charge in [-0.1, -0.05) is 6.92 Å². The second-order valence-electron chi connectivity index (χ2n) is 4.59. The Kier molecular flexibility index (Phi) is 3.23. The van der Waals surface area contributed by atoms with E-state index in [4.69, 9.17) is 0 Å². The molecule has 0 spiro atoms. The lowest BCUT2D eigenvalue weighted by atomic mass is 10.2. The van der Waals surface area contributed by atoms with E-state index in [2.05, 4.69) is 17.1 Å². The van der Waals surface area contributed by atoms with Crippen LogP contribution in [0.1, 0.15) is 32.6 Å². The first kappa shape index (κ1) is 9.47. The molecule has 0 radical (unpaired) electrons. The summed E-state index contributed by atoms with van der Waals surface area (Å²) in [6.07, 6.45) is 5.73. The van der Waals surface area contributed by atoms with Crippen molar-refractivity contribution in [3.63, 3.8) is 0 Å². The second kappa shape index (κ2) is 4.43. The van der Waals surface area contributed by atoms with Crippen LogP contribution in [0.2, 0.25) is 0 Å². The topological polar surface area (TPSA) is 15.3 Å². The van der Waals surface area contributed by atoms with Gasteiger partial charge in [-0.3, -0.25) is 0 Å². The molecule has 1 saturated heterocycles. The van der Waals surface area contributed by atoms with Gasteiger partial charge in [-0.05, 0) is 44.7 Å². The van der Waals surface area contributed by atoms with Gasteiger partial charge in [0, 0.05) is 19.1 Å². The van der Waals surface area contributed by atoms with E-state index in [1.807, 2.05) is 0 Å². The summed E-state index contributed by atoms with van der Waals surface area (Å²) in [6.45, 7) is 7.40. The van der Waals surface area contributed by atoms with E-state index in [1.54, 1.807) is 0 Å². The fraction of sp³-hybridized carbons (Fsp3) is 1.00. The van der Waals surface area contributed by atoms with Crippen molar-refractivity contribution in [2.24, 2.45) is 5.92 Å². The smallest absolute Gasteiger partial charge is 0.0195 e. The highest BCUT2D eigenvalue weighted by Crippen LogP contribution is 2.29. The van der Waals surface area contributed by atoms with E-state index in [-0.39, 0.29) is 0 Å². The van der Waals surface area contributed by atoms with Crippen LogP contribution in [0.25, 0.3) is 0 Å². The summed E-state index contributed by atoms with van der Waals surface area (Å²) in [5.41, 5.74) is 0. The maximum absolute atomic E-state index is 3.57. The van der Waals surface area contributed by atoms with Crippen molar-refractivity contribution < 1.29 is 0 Å². The molecule has 1 N–H and O–H groups in total. The van der Waals surface area contributed by atoms with Gasteiger partial charge in [0.2, 0.25) is 0 Å². The zero-order valence-corrected chi connectivity index (χ0v) is 8.76. The highest BCUT2D eigenvalue weighted by molar-refractivity contribution is 4.81. The molecule has 0 aromatic heterocycles. The molecule has 0 amide bonds. The van der Waals surface area contributed by atoms with E-state index in [1.165, 1.54) is 51.9 Å². The molecule has 1 saturated carbocycles. The van der Waals surface area contributed by atoms with E-state index >= 15 is 0 Å². The van der Waals surface area contributed by atoms with Crippen molar-refractivity contribution >= 4 is 0 Å². The minimum Gasteiger partial charge on any atom is -0.313 e. The molecule has 76 valence electrons. The van der Waals surface area contributed by atoms with Crippen molar-refractivity contribution in [1.82, 2.24) is 10.2 Å². The van der Waals surface area contributed by atoms with E-state index in [0.717, 1.165) is 12.0 Å². The first-order valence-corrected chi connectivity index (χ1v) is 5.84. The van der Waals surface area contributed by atoms with Crippen LogP contribution in [0.15, 0.2) is 0 Å². The SMILES string of the molecule is CCN(CC1CC1)C[C@@H]1CCCN1. The van der Waals surface area contributed by atoms with Crippen LogP contribution < -0.4 is 5.32 Å². The summed E-state index contributed by atoms with van der Waals surface area (Å²) in [7, 11) is 0. The zero-order valence-electron chi connectivity index (χ0n) is 8.76. The molecular formula is C11H22N2. The molecule has 2 rings (SSSR count). The van der Waals surface area contributed by atoms with Gasteiger partial charge in [-0.25, -0.2) is 0 Å². The lowest BCUT2D eigenvalue weighted by Gasteiger charge is -2.23. The third-order valence-corrected chi connectivity index (χ3v) is 3.30. The largest absolute Gasteiger partial charge is 0.313 e. The van der Waals surface area contributed by atoms with Crippen LogP contribution in [0, 0.1) is 5.92 Å². The summed E-state index contributed by atoms with van der Waals surface area (Å²) in [6, 6.07) is 0.790. The summed E-state index contributed by atoms with van der Waals surface area (Å²) in [4.78, 5) is 2.63. The van der Waals surface area contributed by atoms with E-state index in [0.29, 0.717) is 0 Å². The molecule has 2 aliphatic rings. The molecule has 2 heteroatoms. The van der Waals surface area contributed by atoms with Gasteiger partial charge in [0.25, 0.3) is 0 Å². The Morgan fingerprint density at radius 3 is 2.62 bits per heavy atom. The van der Waals surface area contributed by atoms with Crippen LogP contribution in [0.5, 0.6) is 0 Å². The number of rotatable bonds is 5. The summed E-state index contributed by atoms with van der Waals surface area (Å²) in [5.74, 6) is 1.04. The van der Waals surface area contributed by atoms with Gasteiger partial charge in [0.05, 0.1) is 0 Å². The highest BCUT2D eigenvalue weighted by atomic mass is 15.2. The van der Waals surface area contributed by atoms with Crippen LogP contribution in [-0.4, -0.2) is 37.1 Å². The zero-order chi connectivity index (χ0) is 9.10. The average molecular weight is 182 g/mol. The molecule has 0 aromatic rings. The van der Waals surface area contributed by atoms with Crippen molar-refractivity contribution in [3.8, 4) is 0 Å². The number of hydrogen-bond donors (Lipinski definition) is 1. The first-order chi connectivity index (χ1) is 6.38. The standard InChI is InChI=1S/C11H22N2/c1-2-13(8-10-5-6-10)9-11-4-3-7-12-11/h10-12H,2-9H2,1H3/t11-/m0/s1. The fourth-order valence-corrected chi connectivity index (χ4v) is 2.22. The molecule has 1 aliphatic heterocycles. The van der Waals surface area contributed by atoms with Crippen LogP contribution in [0.3, 0.4) is 0 Å². The molecule has 0 aromatic carbocycles. The maximum Gasteiger partial charge on any atom is 0.0195 e. The van der Waals surface area contributed by atoms with Crippen molar-refractivity contribution in [2.45, 2.75) is 38.6 Å². The minimum absolute atomic E-state index is 0.790. The van der Waals surface area contributed by atoms with E-state index in [9.17, 15) is 0 Å². The lowest BCUT2D eigenvalue weighted by Crippen LogP contribution is -2.38. The Morgan fingerprint density at radius 2 is 2.08 bits per heavy atom. The van der Waals surface area contributed by atoms with Gasteiger partial charge in [0.15, 0.2) is 0 Å². The van der Waals surface area contributed by atoms with Gasteiger partial charge in [-0.2, -0.15) is 0 Å². The predicted octanol–water partition coefficient (Wildman–Crippen LogP) is 1.47. The Morgan fingerprint density at radius 1 is 1.23 bits per heavy atom. The van der Waals surface area contributed by atoms with E-state index < -0.39 is 0 Å². The van der Waals surface area contributed by atoms with Crippen LogP contribution in [-0.2, 0) is 0 Å². The molecule has 1 atom stereocenters. The average Bonchev–Trinajstić information content (AvgIpc) is 2.80. The van der Waals surface area contributed by atoms with Crippen LogP contribution >= 0.6 is 0 Å². The summed E-state index contributed by atoms with van der Waals surface area (Å²) >= 11 is 0. The highest BCUT2D eigenvalue weighted by Gasteiger charge is 2.25. The van der Waals surface area contributed by atoms with Gasteiger partial charge >= 0.3 is 0 Å². The molecule has 2 fully saturated rings. The Labute approximate surface area is 81.7 Å². The molecule has 2 nitrogen and oxygen atoms in total. The third-order valence-electron chi connectivity index (χ3n) is 3.30. The van der Waals surface area contributed by atoms with Crippen molar-refractivity contribution in [2.75, 3.05) is 26.2 Å². The number of nitrogens with zero attached hydrogens (tertiary/aromatic N) is 1. The second-order valence-corrected chi connectivity index (χ2v) is 4.59. The quantitative estimate of drug-likeness (QED) is 0.692. The molecule has 1 aliphatic carbocycles. The fourth-order valence-electron chi connectivity index (χ4n) is 2.22. The molecule has 0 bridgehead atoms. The molecule has 1 heterocycles. The van der Waals surface area contributed by atoms with Crippen molar-refractivity contribution in [3.05, 3.63) is 0 Å². The molecule has 0 unspecified atom stereocenters. The number of hydrogen-bond acceptors (Lipinski definition) is 2. The third kappa shape index (κ3) is 2.96. The van der Waals surface area contributed by atoms with Gasteiger partial charge < -0.3 is 10.2 Å². The normalized spacial score (nSPS) is 28.6. The molecule has 13 heavy (non-hydrogen) atoms. The summed E-state index contributed by atoms with van der Waals surface area (Å²) < 4.78 is 0. The Bertz CT molecular complexity index is 148. The minimum atomic E-state index is 0.790.